The first-order valence-corrected chi connectivity index (χ1v) is 9.12. The van der Waals surface area contributed by atoms with E-state index < -0.39 is 35.2 Å². The van der Waals surface area contributed by atoms with Gasteiger partial charge in [-0.15, -0.1) is 0 Å². The first kappa shape index (κ1) is 21.5. The average molecular weight is 421 g/mol. The summed E-state index contributed by atoms with van der Waals surface area (Å²) >= 11 is 0. The van der Waals surface area contributed by atoms with Crippen molar-refractivity contribution in [3.05, 3.63) is 75.0 Å². The molecule has 0 unspecified atom stereocenters. The first-order chi connectivity index (χ1) is 14.0. The molecule has 0 spiro atoms. The number of aryl methyl sites for hydroxylation is 2. The fraction of sp³-hybridized carbons (Fsp3) is 0.286. The third kappa shape index (κ3) is 4.19. The molecule has 3 rings (SSSR count). The van der Waals surface area contributed by atoms with Gasteiger partial charge in [-0.3, -0.25) is 14.2 Å². The quantitative estimate of drug-likeness (QED) is 0.647. The fourth-order valence-corrected chi connectivity index (χ4v) is 3.09. The van der Waals surface area contributed by atoms with Gasteiger partial charge in [-0.05, 0) is 61.7 Å². The molecule has 1 atom stereocenters. The van der Waals surface area contributed by atoms with Crippen molar-refractivity contribution in [1.82, 2.24) is 14.9 Å². The van der Waals surface area contributed by atoms with Crippen LogP contribution in [0.25, 0.3) is 11.0 Å². The number of rotatable bonds is 4. The van der Waals surface area contributed by atoms with Gasteiger partial charge in [0.15, 0.2) is 0 Å². The Labute approximate surface area is 169 Å². The Balaban J connectivity index is 2.04. The zero-order valence-corrected chi connectivity index (χ0v) is 16.5. The SMILES string of the molecule is Cc1cc2nc(C(F)(F)F)c(=O)n([C@H](C)C(=O)NCc3ccc(F)cc3)c2cc1C. The monoisotopic (exact) mass is 421 g/mol. The van der Waals surface area contributed by atoms with Crippen LogP contribution < -0.4 is 10.9 Å². The number of nitrogens with one attached hydrogen (secondary N) is 1. The second kappa shape index (κ2) is 7.89. The number of hydrogen-bond acceptors (Lipinski definition) is 3. The van der Waals surface area contributed by atoms with E-state index in [0.29, 0.717) is 11.1 Å². The number of aromatic nitrogens is 2. The van der Waals surface area contributed by atoms with Crippen LogP contribution in [0.5, 0.6) is 0 Å². The van der Waals surface area contributed by atoms with Crippen molar-refractivity contribution >= 4 is 16.9 Å². The zero-order chi connectivity index (χ0) is 22.2. The number of carbonyl (C=O) groups is 1. The van der Waals surface area contributed by atoms with E-state index >= 15 is 0 Å². The predicted octanol–water partition coefficient (Wildman–Crippen LogP) is 4.05. The number of carbonyl (C=O) groups excluding carboxylic acids is 1. The van der Waals surface area contributed by atoms with Crippen LogP contribution in [-0.4, -0.2) is 15.5 Å². The third-order valence-corrected chi connectivity index (χ3v) is 4.92. The first-order valence-electron chi connectivity index (χ1n) is 9.12. The minimum atomic E-state index is -4.96. The molecule has 0 aliphatic carbocycles. The molecule has 0 saturated heterocycles. The second-order valence-electron chi connectivity index (χ2n) is 7.08. The van der Waals surface area contributed by atoms with Crippen LogP contribution in [0.1, 0.15) is 35.3 Å². The summed E-state index contributed by atoms with van der Waals surface area (Å²) in [5.74, 6) is -1.08. The van der Waals surface area contributed by atoms with Gasteiger partial charge < -0.3 is 5.32 Å². The third-order valence-electron chi connectivity index (χ3n) is 4.92. The molecule has 0 radical (unpaired) electrons. The van der Waals surface area contributed by atoms with Gasteiger partial charge in [0, 0.05) is 6.54 Å². The lowest BCUT2D eigenvalue weighted by atomic mass is 10.1. The van der Waals surface area contributed by atoms with E-state index in [1.807, 2.05) is 0 Å². The molecule has 0 aliphatic rings. The summed E-state index contributed by atoms with van der Waals surface area (Å²) in [6, 6.07) is 7.18. The highest BCUT2D eigenvalue weighted by Crippen LogP contribution is 2.28. The molecule has 2 aromatic carbocycles. The number of hydrogen-bond donors (Lipinski definition) is 1. The highest BCUT2D eigenvalue weighted by atomic mass is 19.4. The Kier molecular flexibility index (Phi) is 5.65. The number of amides is 1. The average Bonchev–Trinajstić information content (AvgIpc) is 2.67. The predicted molar refractivity (Wildman–Crippen MR) is 103 cm³/mol. The summed E-state index contributed by atoms with van der Waals surface area (Å²) in [5, 5.41) is 2.57. The molecule has 9 heteroatoms. The lowest BCUT2D eigenvalue weighted by molar-refractivity contribution is -0.142. The van der Waals surface area contributed by atoms with Gasteiger partial charge in [-0.1, -0.05) is 12.1 Å². The molecular formula is C21H19F4N3O2. The van der Waals surface area contributed by atoms with E-state index in [2.05, 4.69) is 10.3 Å². The highest BCUT2D eigenvalue weighted by Gasteiger charge is 2.38. The molecule has 0 bridgehead atoms. The number of benzene rings is 2. The van der Waals surface area contributed by atoms with E-state index in [0.717, 1.165) is 10.1 Å². The van der Waals surface area contributed by atoms with E-state index in [9.17, 15) is 27.2 Å². The van der Waals surface area contributed by atoms with E-state index in [4.69, 9.17) is 0 Å². The number of halogens is 4. The lowest BCUT2D eigenvalue weighted by Crippen LogP contribution is -2.39. The Morgan fingerprint density at radius 3 is 2.33 bits per heavy atom. The molecular weight excluding hydrogens is 402 g/mol. The van der Waals surface area contributed by atoms with Crippen molar-refractivity contribution < 1.29 is 22.4 Å². The maximum Gasteiger partial charge on any atom is 0.438 e. The molecule has 1 N–H and O–H groups in total. The van der Waals surface area contributed by atoms with E-state index in [1.165, 1.54) is 37.3 Å². The largest absolute Gasteiger partial charge is 0.438 e. The van der Waals surface area contributed by atoms with Crippen LogP contribution >= 0.6 is 0 Å². The van der Waals surface area contributed by atoms with Crippen molar-refractivity contribution in [3.8, 4) is 0 Å². The maximum atomic E-state index is 13.4. The summed E-state index contributed by atoms with van der Waals surface area (Å²) < 4.78 is 54.0. The molecule has 0 fully saturated rings. The smallest absolute Gasteiger partial charge is 0.350 e. The van der Waals surface area contributed by atoms with Gasteiger partial charge in [0.1, 0.15) is 11.9 Å². The Bertz CT molecular complexity index is 1170. The molecule has 5 nitrogen and oxygen atoms in total. The van der Waals surface area contributed by atoms with Gasteiger partial charge >= 0.3 is 6.18 Å². The fourth-order valence-electron chi connectivity index (χ4n) is 3.09. The van der Waals surface area contributed by atoms with Crippen LogP contribution in [-0.2, 0) is 17.5 Å². The molecule has 3 aromatic rings. The highest BCUT2D eigenvalue weighted by molar-refractivity contribution is 5.84. The van der Waals surface area contributed by atoms with Gasteiger partial charge in [0.2, 0.25) is 11.6 Å². The van der Waals surface area contributed by atoms with E-state index in [-0.39, 0.29) is 17.6 Å². The van der Waals surface area contributed by atoms with Gasteiger partial charge in [-0.2, -0.15) is 13.2 Å². The van der Waals surface area contributed by atoms with Crippen LogP contribution in [0.15, 0.2) is 41.2 Å². The van der Waals surface area contributed by atoms with Crippen molar-refractivity contribution in [2.45, 2.75) is 39.5 Å². The van der Waals surface area contributed by atoms with Crippen LogP contribution in [0.2, 0.25) is 0 Å². The Morgan fingerprint density at radius 2 is 1.73 bits per heavy atom. The minimum Gasteiger partial charge on any atom is -0.350 e. The normalized spacial score (nSPS) is 12.8. The molecule has 30 heavy (non-hydrogen) atoms. The molecule has 1 heterocycles. The Hall–Kier alpha value is -3.23. The summed E-state index contributed by atoms with van der Waals surface area (Å²) in [6.07, 6.45) is -4.96. The zero-order valence-electron chi connectivity index (χ0n) is 16.5. The van der Waals surface area contributed by atoms with E-state index in [1.54, 1.807) is 19.9 Å². The van der Waals surface area contributed by atoms with Gasteiger partial charge in [-0.25, -0.2) is 9.37 Å². The van der Waals surface area contributed by atoms with Crippen LogP contribution in [0.3, 0.4) is 0 Å². The Morgan fingerprint density at radius 1 is 1.13 bits per heavy atom. The van der Waals surface area contributed by atoms with Crippen molar-refractivity contribution in [1.29, 1.82) is 0 Å². The number of alkyl halides is 3. The molecule has 0 saturated carbocycles. The topological polar surface area (TPSA) is 64.0 Å². The summed E-state index contributed by atoms with van der Waals surface area (Å²) in [5.41, 5.74) is -0.785. The summed E-state index contributed by atoms with van der Waals surface area (Å²) in [7, 11) is 0. The number of fused-ring (bicyclic) bond motifs is 1. The van der Waals surface area contributed by atoms with Crippen molar-refractivity contribution in [2.75, 3.05) is 0 Å². The summed E-state index contributed by atoms with van der Waals surface area (Å²) in [6.45, 7) is 4.85. The summed E-state index contributed by atoms with van der Waals surface area (Å²) in [4.78, 5) is 28.8. The standard InChI is InChI=1S/C21H19F4N3O2/c1-11-8-16-17(9-12(11)2)28(20(30)18(27-16)21(23,24)25)13(3)19(29)26-10-14-4-6-15(22)7-5-14/h4-9,13H,10H2,1-3H3,(H,26,29)/t13-/m1/s1. The van der Waals surface area contributed by atoms with Crippen LogP contribution in [0.4, 0.5) is 17.6 Å². The van der Waals surface area contributed by atoms with Crippen molar-refractivity contribution in [3.63, 3.8) is 0 Å². The lowest BCUT2D eigenvalue weighted by Gasteiger charge is -2.20. The second-order valence-corrected chi connectivity index (χ2v) is 7.08. The minimum absolute atomic E-state index is 0.0248. The van der Waals surface area contributed by atoms with Crippen LogP contribution in [0, 0.1) is 19.7 Å². The molecule has 1 aromatic heterocycles. The molecule has 158 valence electrons. The molecule has 0 aliphatic heterocycles. The van der Waals surface area contributed by atoms with Gasteiger partial charge in [0.25, 0.3) is 5.56 Å². The molecule has 1 amide bonds. The maximum absolute atomic E-state index is 13.4. The number of nitrogens with zero attached hydrogens (tertiary/aromatic N) is 2. The van der Waals surface area contributed by atoms with Gasteiger partial charge in [0.05, 0.1) is 11.0 Å². The van der Waals surface area contributed by atoms with Crippen molar-refractivity contribution in [2.24, 2.45) is 0 Å².